The van der Waals surface area contributed by atoms with Gasteiger partial charge in [-0.1, -0.05) is 6.92 Å². The minimum absolute atomic E-state index is 0.185. The molecular weight excluding hydrogens is 268 g/mol. The third kappa shape index (κ3) is 4.70. The van der Waals surface area contributed by atoms with Crippen LogP contribution in [0.4, 0.5) is 5.82 Å². The Kier molecular flexibility index (Phi) is 5.38. The van der Waals surface area contributed by atoms with E-state index in [1.54, 1.807) is 0 Å². The highest BCUT2D eigenvalue weighted by Crippen LogP contribution is 2.24. The van der Waals surface area contributed by atoms with Crippen molar-refractivity contribution in [3.63, 3.8) is 0 Å². The van der Waals surface area contributed by atoms with E-state index in [9.17, 15) is 0 Å². The molecule has 0 saturated carbocycles. The third-order valence-electron chi connectivity index (χ3n) is 3.71. The van der Waals surface area contributed by atoms with Crippen LogP contribution in [0.5, 0.6) is 0 Å². The first-order valence-electron chi connectivity index (χ1n) is 7.77. The average molecular weight is 296 g/mol. The number of aromatic nitrogens is 2. The Morgan fingerprint density at radius 2 is 1.90 bits per heavy atom. The molecule has 1 aliphatic rings. The molecule has 1 aromatic heterocycles. The van der Waals surface area contributed by atoms with Crippen molar-refractivity contribution in [2.45, 2.75) is 58.9 Å². The molecule has 0 aromatic carbocycles. The van der Waals surface area contributed by atoms with Crippen molar-refractivity contribution in [3.8, 4) is 0 Å². The number of hydrogen-bond acceptors (Lipinski definition) is 5. The van der Waals surface area contributed by atoms with E-state index in [-0.39, 0.29) is 5.54 Å². The van der Waals surface area contributed by atoms with E-state index in [4.69, 9.17) is 0 Å². The first kappa shape index (κ1) is 15.7. The van der Waals surface area contributed by atoms with Gasteiger partial charge >= 0.3 is 0 Å². The van der Waals surface area contributed by atoms with Crippen LogP contribution < -0.4 is 10.2 Å². The first-order chi connectivity index (χ1) is 9.46. The van der Waals surface area contributed by atoms with E-state index >= 15 is 0 Å². The maximum absolute atomic E-state index is 4.54. The first-order valence-corrected chi connectivity index (χ1v) is 8.50. The lowest BCUT2D eigenvalue weighted by Crippen LogP contribution is -2.39. The maximum atomic E-state index is 4.54. The Balaban J connectivity index is 1.91. The summed E-state index contributed by atoms with van der Waals surface area (Å²) in [5.74, 6) is 1.74. The molecule has 0 spiro atoms. The lowest BCUT2D eigenvalue weighted by atomic mass is 10.0. The number of nitrogens with zero attached hydrogens (tertiary/aromatic N) is 3. The summed E-state index contributed by atoms with van der Waals surface area (Å²) < 4.78 is 9.07. The summed E-state index contributed by atoms with van der Waals surface area (Å²) in [7, 11) is 0. The Hall–Kier alpha value is -0.680. The summed E-state index contributed by atoms with van der Waals surface area (Å²) in [5, 5.41) is 3.57. The lowest BCUT2D eigenvalue weighted by Gasteiger charge is -2.28. The van der Waals surface area contributed by atoms with Gasteiger partial charge in [-0.25, -0.2) is 0 Å². The van der Waals surface area contributed by atoms with Crippen molar-refractivity contribution < 1.29 is 0 Å². The highest BCUT2D eigenvalue weighted by atomic mass is 32.1. The zero-order valence-electron chi connectivity index (χ0n) is 13.3. The van der Waals surface area contributed by atoms with Gasteiger partial charge < -0.3 is 10.2 Å². The van der Waals surface area contributed by atoms with Gasteiger partial charge in [0.15, 0.2) is 5.82 Å². The van der Waals surface area contributed by atoms with Crippen LogP contribution in [0.25, 0.3) is 0 Å². The molecule has 0 aliphatic carbocycles. The molecule has 2 heterocycles. The molecule has 5 heteroatoms. The largest absolute Gasteiger partial charge is 0.354 e. The van der Waals surface area contributed by atoms with Gasteiger partial charge in [0.2, 0.25) is 0 Å². The fourth-order valence-corrected chi connectivity index (χ4v) is 3.15. The molecule has 1 N–H and O–H groups in total. The SMILES string of the molecule is CC(CNC(C)(C)C)Cc1nsnc1N1CCCCC1. The van der Waals surface area contributed by atoms with Crippen molar-refractivity contribution in [2.75, 3.05) is 24.5 Å². The second-order valence-electron chi connectivity index (χ2n) is 7.02. The van der Waals surface area contributed by atoms with Crippen LogP contribution in [0.3, 0.4) is 0 Å². The molecule has 114 valence electrons. The summed E-state index contributed by atoms with van der Waals surface area (Å²) in [5.41, 5.74) is 1.38. The molecule has 2 rings (SSSR count). The number of rotatable bonds is 5. The molecule has 0 amide bonds. The Bertz CT molecular complexity index is 404. The molecule has 1 fully saturated rings. The highest BCUT2D eigenvalue weighted by Gasteiger charge is 2.20. The normalized spacial score (nSPS) is 18.3. The minimum atomic E-state index is 0.185. The number of piperidine rings is 1. The molecule has 1 atom stereocenters. The molecule has 1 aliphatic heterocycles. The topological polar surface area (TPSA) is 41.1 Å². The van der Waals surface area contributed by atoms with Gasteiger partial charge in [0.05, 0.1) is 17.4 Å². The van der Waals surface area contributed by atoms with E-state index in [0.29, 0.717) is 5.92 Å². The van der Waals surface area contributed by atoms with Crippen LogP contribution in [-0.2, 0) is 6.42 Å². The van der Waals surface area contributed by atoms with Crippen molar-refractivity contribution in [3.05, 3.63) is 5.69 Å². The molecule has 1 saturated heterocycles. The Morgan fingerprint density at radius 1 is 1.20 bits per heavy atom. The zero-order valence-corrected chi connectivity index (χ0v) is 14.1. The van der Waals surface area contributed by atoms with Crippen molar-refractivity contribution in [1.82, 2.24) is 14.1 Å². The van der Waals surface area contributed by atoms with Crippen LogP contribution in [-0.4, -0.2) is 33.9 Å². The van der Waals surface area contributed by atoms with Crippen LogP contribution in [0.15, 0.2) is 0 Å². The van der Waals surface area contributed by atoms with E-state index in [0.717, 1.165) is 31.9 Å². The molecule has 1 unspecified atom stereocenters. The quantitative estimate of drug-likeness (QED) is 0.906. The fraction of sp³-hybridized carbons (Fsp3) is 0.867. The van der Waals surface area contributed by atoms with Crippen LogP contribution in [0, 0.1) is 5.92 Å². The van der Waals surface area contributed by atoms with Crippen molar-refractivity contribution >= 4 is 17.5 Å². The molecule has 1 aromatic rings. The van der Waals surface area contributed by atoms with Gasteiger partial charge in [0.25, 0.3) is 0 Å². The van der Waals surface area contributed by atoms with Gasteiger partial charge in [-0.3, -0.25) is 0 Å². The van der Waals surface area contributed by atoms with E-state index in [1.165, 1.54) is 36.7 Å². The van der Waals surface area contributed by atoms with Crippen LogP contribution >= 0.6 is 11.7 Å². The summed E-state index contributed by atoms with van der Waals surface area (Å²) in [6.45, 7) is 12.2. The Morgan fingerprint density at radius 3 is 2.55 bits per heavy atom. The molecular formula is C15H28N4S. The van der Waals surface area contributed by atoms with Crippen molar-refractivity contribution in [2.24, 2.45) is 5.92 Å². The lowest BCUT2D eigenvalue weighted by molar-refractivity contribution is 0.380. The summed E-state index contributed by atoms with van der Waals surface area (Å²) in [6, 6.07) is 0. The van der Waals surface area contributed by atoms with E-state index in [1.807, 2.05) is 0 Å². The maximum Gasteiger partial charge on any atom is 0.165 e. The van der Waals surface area contributed by atoms with Gasteiger partial charge in [-0.15, -0.1) is 0 Å². The smallest absolute Gasteiger partial charge is 0.165 e. The van der Waals surface area contributed by atoms with Crippen molar-refractivity contribution in [1.29, 1.82) is 0 Å². The number of nitrogens with one attached hydrogen (secondary N) is 1. The molecule has 0 bridgehead atoms. The third-order valence-corrected chi connectivity index (χ3v) is 4.27. The highest BCUT2D eigenvalue weighted by molar-refractivity contribution is 6.99. The monoisotopic (exact) mass is 296 g/mol. The summed E-state index contributed by atoms with van der Waals surface area (Å²) in [6.07, 6.45) is 4.96. The van der Waals surface area contributed by atoms with Gasteiger partial charge in [0, 0.05) is 18.6 Å². The van der Waals surface area contributed by atoms with E-state index < -0.39 is 0 Å². The predicted octanol–water partition coefficient (Wildman–Crippen LogP) is 3.10. The molecule has 4 nitrogen and oxygen atoms in total. The van der Waals surface area contributed by atoms with Gasteiger partial charge in [-0.05, 0) is 58.9 Å². The number of hydrogen-bond donors (Lipinski definition) is 1. The second-order valence-corrected chi connectivity index (χ2v) is 7.55. The summed E-state index contributed by atoms with van der Waals surface area (Å²) in [4.78, 5) is 2.42. The van der Waals surface area contributed by atoms with Crippen LogP contribution in [0.2, 0.25) is 0 Å². The van der Waals surface area contributed by atoms with E-state index in [2.05, 4.69) is 46.7 Å². The molecule has 0 radical (unpaired) electrons. The fourth-order valence-electron chi connectivity index (χ4n) is 2.56. The average Bonchev–Trinajstić information content (AvgIpc) is 2.85. The zero-order chi connectivity index (χ0) is 14.6. The summed E-state index contributed by atoms with van der Waals surface area (Å²) >= 11 is 1.36. The second kappa shape index (κ2) is 6.85. The van der Waals surface area contributed by atoms with Crippen LogP contribution in [0.1, 0.15) is 52.7 Å². The predicted molar refractivity (Wildman–Crippen MR) is 86.6 cm³/mol. The standard InChI is InChI=1S/C15H28N4S/c1-12(11-16-15(2,3)4)10-13-14(18-20-17-13)19-8-6-5-7-9-19/h12,16H,5-11H2,1-4H3. The Labute approximate surface area is 127 Å². The van der Waals surface area contributed by atoms with Gasteiger partial charge in [-0.2, -0.15) is 8.75 Å². The molecule has 20 heavy (non-hydrogen) atoms. The van der Waals surface area contributed by atoms with Gasteiger partial charge in [0.1, 0.15) is 0 Å². The minimum Gasteiger partial charge on any atom is -0.354 e. The number of anilines is 1.